The third-order valence-electron chi connectivity index (χ3n) is 3.80. The smallest absolute Gasteiger partial charge is 0.308 e. The summed E-state index contributed by atoms with van der Waals surface area (Å²) in [5, 5.41) is 9.54. The van der Waals surface area contributed by atoms with E-state index < -0.39 is 5.97 Å². The molecule has 106 valence electrons. The first-order valence-corrected chi connectivity index (χ1v) is 8.64. The van der Waals surface area contributed by atoms with Crippen LogP contribution in [0.25, 0.3) is 0 Å². The molecule has 1 aliphatic rings. The molecule has 2 rings (SSSR count). The molecule has 2 atom stereocenters. The molecule has 2 unspecified atom stereocenters. The topological polar surface area (TPSA) is 50.2 Å². The van der Waals surface area contributed by atoms with E-state index in [0.717, 1.165) is 20.8 Å². The fourth-order valence-corrected chi connectivity index (χ4v) is 5.58. The molecule has 1 N–H and O–H groups in total. The van der Waals surface area contributed by atoms with Gasteiger partial charge >= 0.3 is 5.97 Å². The molecule has 1 aromatic rings. The minimum atomic E-state index is -0.771. The van der Waals surface area contributed by atoms with Crippen molar-refractivity contribution >= 4 is 29.1 Å². The average molecular weight is 299 g/mol. The monoisotopic (exact) mass is 299 g/mol. The second-order valence-corrected chi connectivity index (χ2v) is 7.74. The molecule has 1 aromatic heterocycles. The Hall–Kier alpha value is -0.550. The lowest BCUT2D eigenvalue weighted by atomic mass is 9.87. The van der Waals surface area contributed by atoms with E-state index in [2.05, 4.69) is 11.9 Å². The van der Waals surface area contributed by atoms with E-state index in [1.165, 1.54) is 32.1 Å². The number of carboxylic acids is 1. The molecule has 1 aliphatic carbocycles. The normalized spacial score (nSPS) is 23.5. The number of thiazole rings is 1. The van der Waals surface area contributed by atoms with Gasteiger partial charge in [0.1, 0.15) is 0 Å². The number of aryl methyl sites for hydroxylation is 1. The summed E-state index contributed by atoms with van der Waals surface area (Å²) in [6.07, 6.45) is 6.63. The van der Waals surface area contributed by atoms with Crippen molar-refractivity contribution in [3.05, 3.63) is 10.6 Å². The number of carboxylic acid groups (broad SMARTS) is 1. The maximum atomic E-state index is 10.8. The van der Waals surface area contributed by atoms with Gasteiger partial charge < -0.3 is 5.11 Å². The maximum absolute atomic E-state index is 10.8. The summed E-state index contributed by atoms with van der Waals surface area (Å²) in [6.45, 7) is 4.18. The van der Waals surface area contributed by atoms with Crippen LogP contribution < -0.4 is 0 Å². The fraction of sp³-hybridized carbons (Fsp3) is 0.714. The Kier molecular flexibility index (Phi) is 5.28. The molecule has 1 heterocycles. The number of nitrogens with zero attached hydrogens (tertiary/aromatic N) is 1. The quantitative estimate of drug-likeness (QED) is 0.887. The van der Waals surface area contributed by atoms with Gasteiger partial charge in [0.05, 0.1) is 12.1 Å². The standard InChI is InChI=1S/C14H21NO2S2/c1-3-10-6-4-5-7-11(10)18-14-15-9(2)12(19-14)8-13(16)17/h10-11H,3-8H2,1-2H3,(H,16,17). The van der Waals surface area contributed by atoms with Gasteiger partial charge in [0.2, 0.25) is 0 Å². The molecule has 3 nitrogen and oxygen atoms in total. The maximum Gasteiger partial charge on any atom is 0.308 e. The second-order valence-electron chi connectivity index (χ2n) is 5.17. The minimum absolute atomic E-state index is 0.103. The first-order valence-electron chi connectivity index (χ1n) is 6.95. The van der Waals surface area contributed by atoms with E-state index in [1.54, 1.807) is 11.3 Å². The van der Waals surface area contributed by atoms with Gasteiger partial charge in [-0.1, -0.05) is 37.9 Å². The van der Waals surface area contributed by atoms with Crippen LogP contribution in [0.5, 0.6) is 0 Å². The van der Waals surface area contributed by atoms with Crippen molar-refractivity contribution in [2.24, 2.45) is 5.92 Å². The van der Waals surface area contributed by atoms with Gasteiger partial charge in [-0.15, -0.1) is 11.3 Å². The Morgan fingerprint density at radius 3 is 2.89 bits per heavy atom. The third kappa shape index (κ3) is 3.96. The predicted molar refractivity (Wildman–Crippen MR) is 80.1 cm³/mol. The van der Waals surface area contributed by atoms with Gasteiger partial charge in [0.15, 0.2) is 4.34 Å². The van der Waals surface area contributed by atoms with Gasteiger partial charge in [-0.3, -0.25) is 4.79 Å². The van der Waals surface area contributed by atoms with E-state index in [0.29, 0.717) is 5.25 Å². The van der Waals surface area contributed by atoms with Crippen LogP contribution in [0.15, 0.2) is 4.34 Å². The van der Waals surface area contributed by atoms with Crippen LogP contribution >= 0.6 is 23.1 Å². The summed E-state index contributed by atoms with van der Waals surface area (Å²) in [6, 6.07) is 0. The number of hydrogen-bond acceptors (Lipinski definition) is 4. The van der Waals surface area contributed by atoms with Gasteiger partial charge in [-0.25, -0.2) is 4.98 Å². The van der Waals surface area contributed by atoms with E-state index in [4.69, 9.17) is 5.11 Å². The van der Waals surface area contributed by atoms with Crippen molar-refractivity contribution in [3.8, 4) is 0 Å². The summed E-state index contributed by atoms with van der Waals surface area (Å²) >= 11 is 3.44. The number of aliphatic carboxylic acids is 1. The Bertz CT molecular complexity index is 445. The van der Waals surface area contributed by atoms with Crippen molar-refractivity contribution < 1.29 is 9.90 Å². The lowest BCUT2D eigenvalue weighted by Gasteiger charge is -2.29. The molecule has 1 saturated carbocycles. The number of hydrogen-bond donors (Lipinski definition) is 1. The SMILES string of the molecule is CCC1CCCCC1Sc1nc(C)c(CC(=O)O)s1. The van der Waals surface area contributed by atoms with Crippen molar-refractivity contribution in [1.29, 1.82) is 0 Å². The van der Waals surface area contributed by atoms with Gasteiger partial charge in [-0.05, 0) is 25.7 Å². The zero-order chi connectivity index (χ0) is 13.8. The fourth-order valence-electron chi connectivity index (χ4n) is 2.68. The van der Waals surface area contributed by atoms with Crippen LogP contribution in [-0.2, 0) is 11.2 Å². The molecule has 0 aromatic carbocycles. The molecule has 1 fully saturated rings. The number of rotatable bonds is 5. The molecular weight excluding hydrogens is 278 g/mol. The first kappa shape index (κ1) is 14.9. The summed E-state index contributed by atoms with van der Waals surface area (Å²) < 4.78 is 1.05. The number of aromatic nitrogens is 1. The van der Waals surface area contributed by atoms with Crippen LogP contribution in [-0.4, -0.2) is 21.3 Å². The highest BCUT2D eigenvalue weighted by Crippen LogP contribution is 2.40. The zero-order valence-corrected chi connectivity index (χ0v) is 13.1. The zero-order valence-electron chi connectivity index (χ0n) is 11.5. The highest BCUT2D eigenvalue weighted by Gasteiger charge is 2.26. The van der Waals surface area contributed by atoms with Crippen LogP contribution in [0.3, 0.4) is 0 Å². The molecule has 0 spiro atoms. The average Bonchev–Trinajstić information content (AvgIpc) is 2.69. The molecule has 0 radical (unpaired) electrons. The largest absolute Gasteiger partial charge is 0.481 e. The Labute approximate surface area is 122 Å². The Morgan fingerprint density at radius 1 is 1.47 bits per heavy atom. The minimum Gasteiger partial charge on any atom is -0.481 e. The molecule has 5 heteroatoms. The van der Waals surface area contributed by atoms with E-state index in [9.17, 15) is 4.79 Å². The van der Waals surface area contributed by atoms with Crippen molar-refractivity contribution in [2.45, 2.75) is 62.0 Å². The van der Waals surface area contributed by atoms with E-state index >= 15 is 0 Å². The molecule has 0 aliphatic heterocycles. The Balaban J connectivity index is 2.03. The highest BCUT2D eigenvalue weighted by molar-refractivity contribution is 8.01. The number of thioether (sulfide) groups is 1. The third-order valence-corrected chi connectivity index (χ3v) is 6.51. The van der Waals surface area contributed by atoms with E-state index in [1.807, 2.05) is 18.7 Å². The summed E-state index contributed by atoms with van der Waals surface area (Å²) in [7, 11) is 0. The molecule has 0 amide bonds. The first-order chi connectivity index (χ1) is 9.10. The van der Waals surface area contributed by atoms with Crippen LogP contribution in [0.2, 0.25) is 0 Å². The van der Waals surface area contributed by atoms with Crippen LogP contribution in [0.1, 0.15) is 49.6 Å². The molecule has 0 bridgehead atoms. The molecular formula is C14H21NO2S2. The summed E-state index contributed by atoms with van der Waals surface area (Å²) in [5.74, 6) is 0.0262. The van der Waals surface area contributed by atoms with Crippen LogP contribution in [0, 0.1) is 12.8 Å². The van der Waals surface area contributed by atoms with Gasteiger partial charge in [0, 0.05) is 10.1 Å². The lowest BCUT2D eigenvalue weighted by Crippen LogP contribution is -2.20. The predicted octanol–water partition coefficient (Wildman–Crippen LogP) is 4.14. The second kappa shape index (κ2) is 6.75. The van der Waals surface area contributed by atoms with Crippen molar-refractivity contribution in [1.82, 2.24) is 4.98 Å². The number of carbonyl (C=O) groups is 1. The van der Waals surface area contributed by atoms with Gasteiger partial charge in [0.25, 0.3) is 0 Å². The van der Waals surface area contributed by atoms with Crippen molar-refractivity contribution in [2.75, 3.05) is 0 Å². The Morgan fingerprint density at radius 2 is 2.21 bits per heavy atom. The summed E-state index contributed by atoms with van der Waals surface area (Å²) in [4.78, 5) is 16.2. The summed E-state index contributed by atoms with van der Waals surface area (Å²) in [5.41, 5.74) is 0.888. The highest BCUT2D eigenvalue weighted by atomic mass is 32.2. The molecule has 19 heavy (non-hydrogen) atoms. The van der Waals surface area contributed by atoms with Gasteiger partial charge in [-0.2, -0.15) is 0 Å². The lowest BCUT2D eigenvalue weighted by molar-refractivity contribution is -0.136. The van der Waals surface area contributed by atoms with Crippen LogP contribution in [0.4, 0.5) is 0 Å². The van der Waals surface area contributed by atoms with Crippen molar-refractivity contribution in [3.63, 3.8) is 0 Å². The molecule has 0 saturated heterocycles. The van der Waals surface area contributed by atoms with E-state index in [-0.39, 0.29) is 6.42 Å².